The molecule has 1 fully saturated rings. The highest BCUT2D eigenvalue weighted by Gasteiger charge is 2.53. The third kappa shape index (κ3) is 4.28. The van der Waals surface area contributed by atoms with Crippen LogP contribution in [0.15, 0.2) is 60.2 Å². The van der Waals surface area contributed by atoms with Crippen molar-refractivity contribution in [1.29, 1.82) is 0 Å². The predicted molar refractivity (Wildman–Crippen MR) is 129 cm³/mol. The van der Waals surface area contributed by atoms with Crippen LogP contribution in [0.5, 0.6) is 0 Å². The van der Waals surface area contributed by atoms with Gasteiger partial charge >= 0.3 is 0 Å². The topological polar surface area (TPSA) is 74.8 Å². The van der Waals surface area contributed by atoms with Crippen molar-refractivity contribution < 1.29 is 19.2 Å². The number of hydrogen-bond donors (Lipinski definition) is 0. The molecule has 0 saturated carbocycles. The Morgan fingerprint density at radius 3 is 2.38 bits per heavy atom. The van der Waals surface area contributed by atoms with E-state index in [0.717, 1.165) is 15.6 Å². The fourth-order valence-electron chi connectivity index (χ4n) is 4.65. The number of ketones is 1. The second-order valence-electron chi connectivity index (χ2n) is 8.62. The van der Waals surface area contributed by atoms with E-state index in [4.69, 9.17) is 23.2 Å². The molecule has 0 bridgehead atoms. The van der Waals surface area contributed by atoms with Crippen LogP contribution in [-0.2, 0) is 9.59 Å². The van der Waals surface area contributed by atoms with Gasteiger partial charge in [-0.1, -0.05) is 72.1 Å². The third-order valence-electron chi connectivity index (χ3n) is 6.43. The minimum atomic E-state index is -1.08. The van der Waals surface area contributed by atoms with Gasteiger partial charge in [0.2, 0.25) is 0 Å². The lowest BCUT2D eigenvalue weighted by Gasteiger charge is -2.36. The molecule has 0 aromatic heterocycles. The average molecular weight is 499 g/mol. The molecule has 1 saturated heterocycles. The van der Waals surface area contributed by atoms with Crippen LogP contribution in [0.3, 0.4) is 0 Å². The van der Waals surface area contributed by atoms with Crippen LogP contribution in [-0.4, -0.2) is 39.6 Å². The number of Topliss-reactive ketones (excluding diaryl/α,β-unsaturated/α-hetero) is 1. The number of carbonyl (C=O) groups is 4. The summed E-state index contributed by atoms with van der Waals surface area (Å²) in [4.78, 5) is 54.3. The molecular formula is C26H24Cl2N2O4. The maximum absolute atomic E-state index is 13.8. The second-order valence-corrected chi connectivity index (χ2v) is 9.46. The van der Waals surface area contributed by atoms with Gasteiger partial charge in [-0.3, -0.25) is 19.2 Å². The Balaban J connectivity index is 1.81. The van der Waals surface area contributed by atoms with Crippen LogP contribution in [0, 0.1) is 11.8 Å². The Hall–Kier alpha value is -2.96. The fraction of sp³-hybridized carbons (Fsp3) is 0.308. The van der Waals surface area contributed by atoms with Gasteiger partial charge in [-0.15, -0.1) is 0 Å². The predicted octanol–water partition coefficient (Wildman–Crippen LogP) is 5.35. The lowest BCUT2D eigenvalue weighted by Crippen LogP contribution is -2.57. The van der Waals surface area contributed by atoms with Crippen molar-refractivity contribution in [2.45, 2.75) is 39.2 Å². The maximum atomic E-state index is 13.8. The molecule has 8 heteroatoms. The minimum Gasteiger partial charge on any atom is -0.292 e. The van der Waals surface area contributed by atoms with Gasteiger partial charge in [0.25, 0.3) is 17.7 Å². The summed E-state index contributed by atoms with van der Waals surface area (Å²) in [6.07, 6.45) is 3.00. The zero-order valence-corrected chi connectivity index (χ0v) is 20.3. The number of fused-ring (bicyclic) bond motifs is 1. The molecule has 0 spiro atoms. The summed E-state index contributed by atoms with van der Waals surface area (Å²) in [7, 11) is 0. The number of imide groups is 1. The highest BCUT2D eigenvalue weighted by atomic mass is 35.5. The number of hydrazine groups is 1. The third-order valence-corrected chi connectivity index (χ3v) is 6.98. The van der Waals surface area contributed by atoms with Crippen LogP contribution in [0.1, 0.15) is 53.8 Å². The normalized spacial score (nSPS) is 20.6. The summed E-state index contributed by atoms with van der Waals surface area (Å²) >= 11 is 12.3. The van der Waals surface area contributed by atoms with Crippen molar-refractivity contribution in [3.05, 3.63) is 81.4 Å². The van der Waals surface area contributed by atoms with E-state index in [9.17, 15) is 19.2 Å². The smallest absolute Gasteiger partial charge is 0.275 e. The number of rotatable bonds is 6. The van der Waals surface area contributed by atoms with E-state index >= 15 is 0 Å². The first kappa shape index (κ1) is 24.2. The van der Waals surface area contributed by atoms with Gasteiger partial charge in [-0.05, 0) is 44.4 Å². The number of hydrogen-bond acceptors (Lipinski definition) is 4. The van der Waals surface area contributed by atoms with E-state index in [1.54, 1.807) is 37.3 Å². The molecular weight excluding hydrogens is 475 g/mol. The molecule has 6 nitrogen and oxygen atoms in total. The highest BCUT2D eigenvalue weighted by molar-refractivity contribution is 6.36. The Bertz CT molecular complexity index is 1190. The largest absolute Gasteiger partial charge is 0.292 e. The van der Waals surface area contributed by atoms with Crippen molar-refractivity contribution in [1.82, 2.24) is 10.0 Å². The molecule has 34 heavy (non-hydrogen) atoms. The van der Waals surface area contributed by atoms with Crippen molar-refractivity contribution in [2.24, 2.45) is 11.8 Å². The first-order valence-corrected chi connectivity index (χ1v) is 11.9. The monoisotopic (exact) mass is 498 g/mol. The van der Waals surface area contributed by atoms with Gasteiger partial charge < -0.3 is 0 Å². The summed E-state index contributed by atoms with van der Waals surface area (Å²) in [6.45, 7) is 3.65. The number of nitrogens with zero attached hydrogens (tertiary/aromatic N) is 2. The van der Waals surface area contributed by atoms with Crippen LogP contribution >= 0.6 is 23.2 Å². The number of benzene rings is 2. The van der Waals surface area contributed by atoms with Gasteiger partial charge in [0.15, 0.2) is 5.78 Å². The van der Waals surface area contributed by atoms with E-state index in [2.05, 4.69) is 0 Å². The van der Waals surface area contributed by atoms with Gasteiger partial charge in [-0.25, -0.2) is 5.01 Å². The average Bonchev–Trinajstić information content (AvgIpc) is 3.06. The summed E-state index contributed by atoms with van der Waals surface area (Å²) in [5.74, 6) is -3.14. The molecule has 2 aromatic rings. The Labute approximate surface area is 208 Å². The second kappa shape index (κ2) is 9.72. The molecule has 2 aromatic carbocycles. The van der Waals surface area contributed by atoms with Gasteiger partial charge in [0.1, 0.15) is 6.04 Å². The van der Waals surface area contributed by atoms with E-state index < -0.39 is 35.6 Å². The Morgan fingerprint density at radius 2 is 1.74 bits per heavy atom. The van der Waals surface area contributed by atoms with Gasteiger partial charge in [0, 0.05) is 10.6 Å². The quantitative estimate of drug-likeness (QED) is 0.305. The molecule has 1 aliphatic carbocycles. The SMILES string of the molecule is CC[C@H](C(=O)c1ccccc1)N(C(=O)c1ccc(Cl)cc1Cl)N1C(=O)[C@H]2CC(C)=CC[C@H]2C1=O. The van der Waals surface area contributed by atoms with Gasteiger partial charge in [0.05, 0.1) is 22.4 Å². The number of amides is 3. The molecule has 1 heterocycles. The van der Waals surface area contributed by atoms with Crippen molar-refractivity contribution in [2.75, 3.05) is 0 Å². The highest BCUT2D eigenvalue weighted by Crippen LogP contribution is 2.39. The molecule has 0 N–H and O–H groups in total. The lowest BCUT2D eigenvalue weighted by atomic mass is 9.82. The molecule has 2 aliphatic rings. The number of halogens is 2. The summed E-state index contributed by atoms with van der Waals surface area (Å²) in [5.41, 5.74) is 1.45. The summed E-state index contributed by atoms with van der Waals surface area (Å²) in [6, 6.07) is 11.8. The standard InChI is InChI=1S/C26H24Cl2N2O4/c1-3-22(23(31)16-7-5-4-6-8-16)29(25(33)19-12-10-17(27)14-21(19)28)30-24(32)18-11-9-15(2)13-20(18)26(30)34/h4-10,12,14,18,20,22H,3,11,13H2,1-2H3/t18-,20+,22-/m1/s1. The zero-order valence-electron chi connectivity index (χ0n) is 18.8. The molecule has 4 rings (SSSR count). The maximum Gasteiger partial charge on any atom is 0.275 e. The zero-order chi connectivity index (χ0) is 24.6. The van der Waals surface area contributed by atoms with Crippen molar-refractivity contribution in [3.63, 3.8) is 0 Å². The molecule has 3 amide bonds. The summed E-state index contributed by atoms with van der Waals surface area (Å²) in [5, 5.41) is 2.31. The van der Waals surface area contributed by atoms with E-state index in [1.165, 1.54) is 18.2 Å². The van der Waals surface area contributed by atoms with Crippen LogP contribution < -0.4 is 0 Å². The molecule has 176 valence electrons. The Kier molecular flexibility index (Phi) is 6.91. The van der Waals surface area contributed by atoms with Crippen LogP contribution in [0.2, 0.25) is 10.0 Å². The van der Waals surface area contributed by atoms with Crippen LogP contribution in [0.25, 0.3) is 0 Å². The first-order valence-electron chi connectivity index (χ1n) is 11.2. The first-order chi connectivity index (χ1) is 16.2. The minimum absolute atomic E-state index is 0.0511. The number of carbonyl (C=O) groups excluding carboxylic acids is 4. The summed E-state index contributed by atoms with van der Waals surface area (Å²) < 4.78 is 0. The Morgan fingerprint density at radius 1 is 1.06 bits per heavy atom. The fourth-order valence-corrected chi connectivity index (χ4v) is 5.14. The molecule has 3 atom stereocenters. The van der Waals surface area contributed by atoms with Crippen molar-refractivity contribution in [3.8, 4) is 0 Å². The lowest BCUT2D eigenvalue weighted by molar-refractivity contribution is -0.156. The number of allylic oxidation sites excluding steroid dienone is 2. The molecule has 0 unspecified atom stereocenters. The van der Waals surface area contributed by atoms with Crippen molar-refractivity contribution >= 4 is 46.7 Å². The van der Waals surface area contributed by atoms with E-state index in [-0.39, 0.29) is 22.8 Å². The van der Waals surface area contributed by atoms with E-state index in [0.29, 0.717) is 23.4 Å². The van der Waals surface area contributed by atoms with E-state index in [1.807, 2.05) is 13.0 Å². The van der Waals surface area contributed by atoms with Gasteiger partial charge in [-0.2, -0.15) is 5.01 Å². The molecule has 0 radical (unpaired) electrons. The molecule has 1 aliphatic heterocycles. The van der Waals surface area contributed by atoms with Crippen LogP contribution in [0.4, 0.5) is 0 Å².